The third kappa shape index (κ3) is 5.03. The number of benzene rings is 3. The van der Waals surface area contributed by atoms with Gasteiger partial charge in [0.2, 0.25) is 5.91 Å². The van der Waals surface area contributed by atoms with Gasteiger partial charge in [-0.2, -0.15) is 0 Å². The van der Waals surface area contributed by atoms with Crippen molar-refractivity contribution in [2.75, 3.05) is 11.1 Å². The van der Waals surface area contributed by atoms with Gasteiger partial charge >= 0.3 is 0 Å². The Labute approximate surface area is 208 Å². The maximum Gasteiger partial charge on any atom is 0.266 e. The first kappa shape index (κ1) is 24.0. The van der Waals surface area contributed by atoms with E-state index in [4.69, 9.17) is 16.6 Å². The van der Waals surface area contributed by atoms with Crippen LogP contribution in [-0.4, -0.2) is 21.2 Å². The summed E-state index contributed by atoms with van der Waals surface area (Å²) in [5.41, 5.74) is 3.85. The van der Waals surface area contributed by atoms with Crippen LogP contribution in [0.1, 0.15) is 37.3 Å². The molecule has 7 heteroatoms. The van der Waals surface area contributed by atoms with Gasteiger partial charge in [-0.1, -0.05) is 73.6 Å². The summed E-state index contributed by atoms with van der Waals surface area (Å²) in [7, 11) is 0. The summed E-state index contributed by atoms with van der Waals surface area (Å²) in [6, 6.07) is 20.5. The Bertz CT molecular complexity index is 1420. The molecule has 0 aliphatic rings. The molecule has 1 unspecified atom stereocenters. The van der Waals surface area contributed by atoms with Gasteiger partial charge in [0.05, 0.1) is 22.3 Å². The predicted octanol–water partition coefficient (Wildman–Crippen LogP) is 6.59. The van der Waals surface area contributed by atoms with Gasteiger partial charge in [-0.05, 0) is 60.7 Å². The number of aryl methyl sites for hydroxylation is 1. The molecule has 0 aliphatic heterocycles. The maximum absolute atomic E-state index is 13.4. The number of para-hydroxylation sites is 2. The van der Waals surface area contributed by atoms with E-state index >= 15 is 0 Å². The third-order valence-electron chi connectivity index (χ3n) is 5.87. The van der Waals surface area contributed by atoms with Crippen molar-refractivity contribution in [3.05, 3.63) is 93.2 Å². The number of carbonyl (C=O) groups is 1. The molecular formula is C27H26ClN3O2S. The Hall–Kier alpha value is -3.09. The number of anilines is 1. The van der Waals surface area contributed by atoms with Crippen LogP contribution in [-0.2, 0) is 4.79 Å². The van der Waals surface area contributed by atoms with Crippen LogP contribution >= 0.6 is 23.4 Å². The van der Waals surface area contributed by atoms with Crippen molar-refractivity contribution < 1.29 is 4.79 Å². The van der Waals surface area contributed by atoms with Crippen molar-refractivity contribution in [2.45, 2.75) is 38.3 Å². The van der Waals surface area contributed by atoms with Crippen molar-refractivity contribution in [1.82, 2.24) is 9.55 Å². The molecule has 0 bridgehead atoms. The summed E-state index contributed by atoms with van der Waals surface area (Å²) < 4.78 is 1.53. The number of fused-ring (bicyclic) bond motifs is 1. The van der Waals surface area contributed by atoms with E-state index in [2.05, 4.69) is 19.2 Å². The second-order valence-electron chi connectivity index (χ2n) is 8.22. The second kappa shape index (κ2) is 10.5. The first-order chi connectivity index (χ1) is 16.4. The molecule has 0 saturated carbocycles. The van der Waals surface area contributed by atoms with Crippen molar-refractivity contribution in [3.8, 4) is 5.69 Å². The molecule has 1 N–H and O–H groups in total. The average Bonchev–Trinajstić information content (AvgIpc) is 2.84. The number of aromatic nitrogens is 2. The Balaban J connectivity index is 1.66. The van der Waals surface area contributed by atoms with Crippen LogP contribution in [0.3, 0.4) is 0 Å². The molecule has 4 aromatic rings. The summed E-state index contributed by atoms with van der Waals surface area (Å²) in [4.78, 5) is 31.0. The first-order valence-corrected chi connectivity index (χ1v) is 12.5. The van der Waals surface area contributed by atoms with Crippen LogP contribution in [0.5, 0.6) is 0 Å². The minimum Gasteiger partial charge on any atom is -0.325 e. The normalized spacial score (nSPS) is 12.0. The lowest BCUT2D eigenvalue weighted by atomic mass is 9.97. The zero-order chi connectivity index (χ0) is 24.2. The van der Waals surface area contributed by atoms with Crippen molar-refractivity contribution in [1.29, 1.82) is 0 Å². The average molecular weight is 492 g/mol. The summed E-state index contributed by atoms with van der Waals surface area (Å²) in [6.07, 6.45) is 0.980. The lowest BCUT2D eigenvalue weighted by molar-refractivity contribution is -0.113. The smallest absolute Gasteiger partial charge is 0.266 e. The highest BCUT2D eigenvalue weighted by Crippen LogP contribution is 2.28. The molecule has 3 aromatic carbocycles. The van der Waals surface area contributed by atoms with E-state index in [9.17, 15) is 9.59 Å². The van der Waals surface area contributed by atoms with Crippen molar-refractivity contribution >= 4 is 45.9 Å². The minimum absolute atomic E-state index is 0.110. The van der Waals surface area contributed by atoms with Gasteiger partial charge in [0.15, 0.2) is 5.16 Å². The SMILES string of the molecule is CCC(C)c1ccccc1NC(=O)CSc1nc2ccccc2c(=O)n1-c1ccc(C)c(Cl)c1. The van der Waals surface area contributed by atoms with E-state index < -0.39 is 0 Å². The monoisotopic (exact) mass is 491 g/mol. The summed E-state index contributed by atoms with van der Waals surface area (Å²) in [5, 5.41) is 4.54. The number of hydrogen-bond acceptors (Lipinski definition) is 4. The molecular weight excluding hydrogens is 466 g/mol. The van der Waals surface area contributed by atoms with E-state index in [1.165, 1.54) is 16.3 Å². The van der Waals surface area contributed by atoms with Crippen LogP contribution in [0.25, 0.3) is 16.6 Å². The van der Waals surface area contributed by atoms with Gasteiger partial charge in [-0.3, -0.25) is 14.2 Å². The lowest BCUT2D eigenvalue weighted by Crippen LogP contribution is -2.23. The summed E-state index contributed by atoms with van der Waals surface area (Å²) in [5.74, 6) is 0.290. The fraction of sp³-hybridized carbons (Fsp3) is 0.222. The number of thioether (sulfide) groups is 1. The Morgan fingerprint density at radius 3 is 2.62 bits per heavy atom. The molecule has 5 nitrogen and oxygen atoms in total. The fourth-order valence-corrected chi connectivity index (χ4v) is 4.72. The standard InChI is InChI=1S/C27H26ClN3O2S/c1-4-17(2)20-9-5-7-11-23(20)29-25(32)16-34-27-30-24-12-8-6-10-21(24)26(33)31(27)19-14-13-18(3)22(28)15-19/h5-15,17H,4,16H2,1-3H3,(H,29,32). The Morgan fingerprint density at radius 2 is 1.85 bits per heavy atom. The Morgan fingerprint density at radius 1 is 1.12 bits per heavy atom. The lowest BCUT2D eigenvalue weighted by Gasteiger charge is -2.16. The van der Waals surface area contributed by atoms with Crippen LogP contribution in [0, 0.1) is 6.92 Å². The molecule has 0 spiro atoms. The molecule has 174 valence electrons. The highest BCUT2D eigenvalue weighted by atomic mass is 35.5. The fourth-order valence-electron chi connectivity index (χ4n) is 3.73. The topological polar surface area (TPSA) is 64.0 Å². The summed E-state index contributed by atoms with van der Waals surface area (Å²) in [6.45, 7) is 6.18. The Kier molecular flexibility index (Phi) is 7.39. The van der Waals surface area contributed by atoms with Gasteiger partial charge in [0, 0.05) is 10.7 Å². The molecule has 1 amide bonds. The number of nitrogens with zero attached hydrogens (tertiary/aromatic N) is 2. The molecule has 0 aliphatic carbocycles. The number of amides is 1. The number of nitrogens with one attached hydrogen (secondary N) is 1. The van der Waals surface area contributed by atoms with Crippen LogP contribution < -0.4 is 10.9 Å². The van der Waals surface area contributed by atoms with Crippen LogP contribution in [0.4, 0.5) is 5.69 Å². The second-order valence-corrected chi connectivity index (χ2v) is 9.57. The number of carbonyl (C=O) groups excluding carboxylic acids is 1. The van der Waals surface area contributed by atoms with Crippen LogP contribution in [0.15, 0.2) is 76.7 Å². The number of rotatable bonds is 7. The van der Waals surface area contributed by atoms with E-state index in [0.717, 1.165) is 23.2 Å². The molecule has 4 rings (SSSR count). The molecule has 34 heavy (non-hydrogen) atoms. The molecule has 0 saturated heterocycles. The molecule has 0 fully saturated rings. The molecule has 0 radical (unpaired) electrons. The third-order valence-corrected chi connectivity index (χ3v) is 7.21. The highest BCUT2D eigenvalue weighted by Gasteiger charge is 2.17. The zero-order valence-corrected chi connectivity index (χ0v) is 20.9. The van der Waals surface area contributed by atoms with E-state index in [1.807, 2.05) is 55.5 Å². The van der Waals surface area contributed by atoms with Gasteiger partial charge in [-0.25, -0.2) is 4.98 Å². The van der Waals surface area contributed by atoms with E-state index in [-0.39, 0.29) is 17.2 Å². The van der Waals surface area contributed by atoms with Crippen LogP contribution in [0.2, 0.25) is 5.02 Å². The quantitative estimate of drug-likeness (QED) is 0.234. The maximum atomic E-state index is 13.4. The zero-order valence-electron chi connectivity index (χ0n) is 19.3. The highest BCUT2D eigenvalue weighted by molar-refractivity contribution is 7.99. The summed E-state index contributed by atoms with van der Waals surface area (Å²) >= 11 is 7.57. The van der Waals surface area contributed by atoms with Crippen molar-refractivity contribution in [3.63, 3.8) is 0 Å². The van der Waals surface area contributed by atoms with Gasteiger partial charge in [-0.15, -0.1) is 0 Å². The van der Waals surface area contributed by atoms with E-state index in [1.54, 1.807) is 18.2 Å². The first-order valence-electron chi connectivity index (χ1n) is 11.2. The van der Waals surface area contributed by atoms with Gasteiger partial charge < -0.3 is 5.32 Å². The van der Waals surface area contributed by atoms with Crippen molar-refractivity contribution in [2.24, 2.45) is 0 Å². The predicted molar refractivity (Wildman–Crippen MR) is 142 cm³/mol. The molecule has 1 atom stereocenters. The van der Waals surface area contributed by atoms with Gasteiger partial charge in [0.1, 0.15) is 0 Å². The largest absolute Gasteiger partial charge is 0.325 e. The molecule has 1 heterocycles. The minimum atomic E-state index is -0.199. The number of halogens is 1. The van der Waals surface area contributed by atoms with E-state index in [0.29, 0.717) is 32.7 Å². The molecule has 1 aromatic heterocycles. The number of hydrogen-bond donors (Lipinski definition) is 1. The van der Waals surface area contributed by atoms with Gasteiger partial charge in [0.25, 0.3) is 5.56 Å².